The van der Waals surface area contributed by atoms with Gasteiger partial charge in [-0.1, -0.05) is 33.6 Å². The third-order valence-corrected chi connectivity index (χ3v) is 3.72. The van der Waals surface area contributed by atoms with Gasteiger partial charge >= 0.3 is 6.18 Å². The molecule has 0 spiro atoms. The van der Waals surface area contributed by atoms with Crippen LogP contribution in [0.2, 0.25) is 0 Å². The van der Waals surface area contributed by atoms with Crippen LogP contribution in [0.1, 0.15) is 75.7 Å². The van der Waals surface area contributed by atoms with Crippen molar-refractivity contribution in [1.29, 1.82) is 0 Å². The number of nitrogens with zero attached hydrogens (tertiary/aromatic N) is 1. The van der Waals surface area contributed by atoms with Gasteiger partial charge in [0.25, 0.3) is 5.56 Å². The average molecular weight is 347 g/mol. The first-order chi connectivity index (χ1) is 11.3. The molecule has 0 radical (unpaired) electrons. The van der Waals surface area contributed by atoms with E-state index in [-0.39, 0.29) is 23.6 Å². The van der Waals surface area contributed by atoms with E-state index in [0.29, 0.717) is 19.3 Å². The van der Waals surface area contributed by atoms with Gasteiger partial charge in [-0.3, -0.25) is 9.59 Å². The highest BCUT2D eigenvalue weighted by molar-refractivity contribution is 5.76. The molecule has 0 fully saturated rings. The molecule has 1 aromatic rings. The summed E-state index contributed by atoms with van der Waals surface area (Å²) in [5.41, 5.74) is -2.43. The number of carbonyl (C=O) groups excluding carboxylic acids is 1. The minimum absolute atomic E-state index is 0.0815. The van der Waals surface area contributed by atoms with Crippen LogP contribution in [0, 0.1) is 0 Å². The Morgan fingerprint density at radius 1 is 1.25 bits per heavy atom. The third kappa shape index (κ3) is 5.07. The van der Waals surface area contributed by atoms with Gasteiger partial charge in [-0.25, -0.2) is 5.10 Å². The van der Waals surface area contributed by atoms with Gasteiger partial charge in [0.1, 0.15) is 5.56 Å². The molecule has 8 heteroatoms. The van der Waals surface area contributed by atoms with Crippen LogP contribution in [0.15, 0.2) is 4.79 Å². The van der Waals surface area contributed by atoms with Crippen molar-refractivity contribution in [1.82, 2.24) is 15.5 Å². The summed E-state index contributed by atoms with van der Waals surface area (Å²) in [4.78, 5) is 22.9. The van der Waals surface area contributed by atoms with Gasteiger partial charge in [0.15, 0.2) is 0 Å². The normalized spacial score (nSPS) is 16.2. The molecule has 1 aliphatic carbocycles. The molecular weight excluding hydrogens is 323 g/mol. The summed E-state index contributed by atoms with van der Waals surface area (Å²) in [6.45, 7) is 6.19. The number of aromatic amines is 1. The molecule has 136 valence electrons. The lowest BCUT2D eigenvalue weighted by Crippen LogP contribution is -2.30. The summed E-state index contributed by atoms with van der Waals surface area (Å²) in [6, 6.07) is -0.568. The Morgan fingerprint density at radius 2 is 1.88 bits per heavy atom. The van der Waals surface area contributed by atoms with Crippen LogP contribution in [0.5, 0.6) is 0 Å². The van der Waals surface area contributed by atoms with Gasteiger partial charge in [0, 0.05) is 6.42 Å². The van der Waals surface area contributed by atoms with Crippen LogP contribution >= 0.6 is 0 Å². The topological polar surface area (TPSA) is 74.8 Å². The van der Waals surface area contributed by atoms with Crippen molar-refractivity contribution in [3.8, 4) is 0 Å². The lowest BCUT2D eigenvalue weighted by atomic mass is 10.1. The summed E-state index contributed by atoms with van der Waals surface area (Å²) < 4.78 is 38.6. The number of nitrogens with one attached hydrogen (secondary N) is 2. The van der Waals surface area contributed by atoms with E-state index in [0.717, 1.165) is 0 Å². The molecule has 1 aromatic heterocycles. The molecule has 1 unspecified atom stereocenters. The van der Waals surface area contributed by atoms with E-state index in [2.05, 4.69) is 24.3 Å². The van der Waals surface area contributed by atoms with Gasteiger partial charge < -0.3 is 5.32 Å². The quantitative estimate of drug-likeness (QED) is 0.875. The predicted octanol–water partition coefficient (Wildman–Crippen LogP) is 3.50. The van der Waals surface area contributed by atoms with Crippen LogP contribution in [0.3, 0.4) is 0 Å². The molecule has 1 aliphatic rings. The van der Waals surface area contributed by atoms with Crippen molar-refractivity contribution in [3.63, 3.8) is 0 Å². The zero-order chi connectivity index (χ0) is 18.3. The molecule has 24 heavy (non-hydrogen) atoms. The number of amides is 1. The van der Waals surface area contributed by atoms with E-state index in [9.17, 15) is 22.8 Å². The van der Waals surface area contributed by atoms with Crippen molar-refractivity contribution in [2.45, 2.75) is 71.5 Å². The standard InChI is InChI=1S/C12H14F3N3O2.C4H10/c1-2-3-8(19)16-7-5-4-6-9(12(13,14)15)11(20)18-17-10(6)7;1-3-4-2/h7H,2-5H2,1H3,(H,16,19)(H,18,20);3-4H2,1-2H3. The number of hydrogen-bond acceptors (Lipinski definition) is 3. The minimum atomic E-state index is -4.72. The first kappa shape index (κ1) is 20.2. The third-order valence-electron chi connectivity index (χ3n) is 3.72. The van der Waals surface area contributed by atoms with Gasteiger partial charge in [-0.2, -0.15) is 18.3 Å². The Hall–Kier alpha value is -1.86. The number of aromatic nitrogens is 2. The van der Waals surface area contributed by atoms with Gasteiger partial charge in [-0.15, -0.1) is 0 Å². The van der Waals surface area contributed by atoms with E-state index in [1.165, 1.54) is 12.8 Å². The van der Waals surface area contributed by atoms with E-state index in [4.69, 9.17) is 0 Å². The van der Waals surface area contributed by atoms with Gasteiger partial charge in [0.2, 0.25) is 5.91 Å². The van der Waals surface area contributed by atoms with E-state index < -0.39 is 23.3 Å². The highest BCUT2D eigenvalue weighted by Crippen LogP contribution is 2.37. The fourth-order valence-electron chi connectivity index (χ4n) is 2.40. The Labute approximate surface area is 139 Å². The molecule has 2 rings (SSSR count). The van der Waals surface area contributed by atoms with E-state index in [1.54, 1.807) is 0 Å². The fourth-order valence-corrected chi connectivity index (χ4v) is 2.40. The number of hydrogen-bond donors (Lipinski definition) is 2. The van der Waals surface area contributed by atoms with Crippen molar-refractivity contribution < 1.29 is 18.0 Å². The highest BCUT2D eigenvalue weighted by atomic mass is 19.4. The fraction of sp³-hybridized carbons (Fsp3) is 0.688. The minimum Gasteiger partial charge on any atom is -0.348 e. The van der Waals surface area contributed by atoms with Crippen molar-refractivity contribution in [3.05, 3.63) is 27.2 Å². The van der Waals surface area contributed by atoms with Gasteiger partial charge in [-0.05, 0) is 24.8 Å². The molecular formula is C16H24F3N3O2. The predicted molar refractivity (Wildman–Crippen MR) is 84.6 cm³/mol. The summed E-state index contributed by atoms with van der Waals surface area (Å²) in [5, 5.41) is 8.18. The maximum atomic E-state index is 12.9. The van der Waals surface area contributed by atoms with E-state index in [1.807, 2.05) is 12.0 Å². The average Bonchev–Trinajstić information content (AvgIpc) is 2.88. The van der Waals surface area contributed by atoms with Crippen LogP contribution < -0.4 is 10.9 Å². The monoisotopic (exact) mass is 347 g/mol. The Morgan fingerprint density at radius 3 is 2.38 bits per heavy atom. The van der Waals surface area contributed by atoms with Gasteiger partial charge in [0.05, 0.1) is 11.7 Å². The van der Waals surface area contributed by atoms with Crippen LogP contribution in [0.25, 0.3) is 0 Å². The van der Waals surface area contributed by atoms with Crippen molar-refractivity contribution >= 4 is 5.91 Å². The highest BCUT2D eigenvalue weighted by Gasteiger charge is 2.41. The molecule has 0 aliphatic heterocycles. The largest absolute Gasteiger partial charge is 0.422 e. The number of H-pyrrole nitrogens is 1. The van der Waals surface area contributed by atoms with Crippen molar-refractivity contribution in [2.75, 3.05) is 0 Å². The number of unbranched alkanes of at least 4 members (excludes halogenated alkanes) is 1. The smallest absolute Gasteiger partial charge is 0.348 e. The second-order valence-corrected chi connectivity index (χ2v) is 5.70. The summed E-state index contributed by atoms with van der Waals surface area (Å²) in [7, 11) is 0. The molecule has 0 aromatic carbocycles. The molecule has 0 saturated carbocycles. The van der Waals surface area contributed by atoms with Crippen LogP contribution in [0.4, 0.5) is 13.2 Å². The Balaban J connectivity index is 0.000000648. The van der Waals surface area contributed by atoms with E-state index >= 15 is 0 Å². The number of alkyl halides is 3. The molecule has 1 atom stereocenters. The Bertz CT molecular complexity index is 610. The Kier molecular flexibility index (Phi) is 7.44. The maximum Gasteiger partial charge on any atom is 0.422 e. The molecule has 5 nitrogen and oxygen atoms in total. The lowest BCUT2D eigenvalue weighted by Gasteiger charge is -2.14. The summed E-state index contributed by atoms with van der Waals surface area (Å²) in [5.74, 6) is -0.230. The molecule has 0 bridgehead atoms. The maximum absolute atomic E-state index is 12.9. The summed E-state index contributed by atoms with van der Waals surface area (Å²) >= 11 is 0. The number of rotatable bonds is 4. The zero-order valence-corrected chi connectivity index (χ0v) is 14.2. The molecule has 0 saturated heterocycles. The molecule has 1 heterocycles. The van der Waals surface area contributed by atoms with Crippen LogP contribution in [-0.2, 0) is 17.4 Å². The second-order valence-electron chi connectivity index (χ2n) is 5.70. The number of halogens is 3. The molecule has 2 N–H and O–H groups in total. The zero-order valence-electron chi connectivity index (χ0n) is 14.2. The lowest BCUT2D eigenvalue weighted by molar-refractivity contribution is -0.139. The summed E-state index contributed by atoms with van der Waals surface area (Å²) in [6.07, 6.45) is -0.723. The molecule has 1 amide bonds. The second kappa shape index (κ2) is 8.84. The van der Waals surface area contributed by atoms with Crippen LogP contribution in [-0.4, -0.2) is 16.1 Å². The number of fused-ring (bicyclic) bond motifs is 1. The first-order valence-electron chi connectivity index (χ1n) is 8.24. The first-order valence-corrected chi connectivity index (χ1v) is 8.24. The SMILES string of the molecule is CCCC.CCCC(=O)NC1CCc2c1n[nH]c(=O)c2C(F)(F)F. The van der Waals surface area contributed by atoms with Crippen molar-refractivity contribution in [2.24, 2.45) is 0 Å². The number of carbonyl (C=O) groups is 1.